The van der Waals surface area contributed by atoms with Crippen molar-refractivity contribution in [3.05, 3.63) is 65.2 Å². The summed E-state index contributed by atoms with van der Waals surface area (Å²) in [5.74, 6) is 0.579. The highest BCUT2D eigenvalue weighted by molar-refractivity contribution is 5.94. The molecule has 1 unspecified atom stereocenters. The van der Waals surface area contributed by atoms with Gasteiger partial charge in [0, 0.05) is 12.6 Å². The second-order valence-electron chi connectivity index (χ2n) is 5.35. The Bertz CT molecular complexity index is 654. The number of carbonyl (C=O) groups is 1. The first kappa shape index (κ1) is 16.0. The fraction of sp³-hybridized carbons (Fsp3) is 0.278. The van der Waals surface area contributed by atoms with Gasteiger partial charge >= 0.3 is 0 Å². The van der Waals surface area contributed by atoms with Gasteiger partial charge in [0.15, 0.2) is 0 Å². The Morgan fingerprint density at radius 2 is 1.95 bits per heavy atom. The molecule has 0 aromatic heterocycles. The van der Waals surface area contributed by atoms with Crippen molar-refractivity contribution < 1.29 is 14.6 Å². The number of hydrogen-bond acceptors (Lipinski definition) is 3. The van der Waals surface area contributed by atoms with Gasteiger partial charge in [-0.3, -0.25) is 4.79 Å². The minimum atomic E-state index is -0.756. The van der Waals surface area contributed by atoms with Crippen molar-refractivity contribution in [3.8, 4) is 5.75 Å². The summed E-state index contributed by atoms with van der Waals surface area (Å²) >= 11 is 0. The van der Waals surface area contributed by atoms with E-state index in [1.807, 2.05) is 43.3 Å². The number of rotatable bonds is 5. The Labute approximate surface area is 131 Å². The van der Waals surface area contributed by atoms with Gasteiger partial charge in [0.05, 0.1) is 19.8 Å². The first-order chi connectivity index (χ1) is 10.5. The zero-order valence-corrected chi connectivity index (χ0v) is 13.1. The molecule has 2 rings (SSSR count). The predicted octanol–water partition coefficient (Wildman–Crippen LogP) is 2.81. The van der Waals surface area contributed by atoms with Crippen LogP contribution in [-0.2, 0) is 0 Å². The topological polar surface area (TPSA) is 49.8 Å². The van der Waals surface area contributed by atoms with Gasteiger partial charge in [0.2, 0.25) is 0 Å². The number of hydrogen-bond donors (Lipinski definition) is 1. The normalized spacial score (nSPS) is 11.8. The van der Waals surface area contributed by atoms with Crippen LogP contribution in [0.25, 0.3) is 0 Å². The summed E-state index contributed by atoms with van der Waals surface area (Å²) in [4.78, 5) is 13.9. The predicted molar refractivity (Wildman–Crippen MR) is 86.1 cm³/mol. The van der Waals surface area contributed by atoms with Gasteiger partial charge in [-0.2, -0.15) is 0 Å². The number of aryl methyl sites for hydroxylation is 1. The number of benzene rings is 2. The maximum absolute atomic E-state index is 12.4. The molecule has 0 aliphatic heterocycles. The van der Waals surface area contributed by atoms with Crippen LogP contribution in [0.2, 0.25) is 0 Å². The van der Waals surface area contributed by atoms with Gasteiger partial charge in [-0.05, 0) is 36.8 Å². The number of likely N-dealkylation sites (N-methyl/N-ethyl adjacent to an activating group) is 1. The Balaban J connectivity index is 2.07. The van der Waals surface area contributed by atoms with Crippen LogP contribution < -0.4 is 4.74 Å². The van der Waals surface area contributed by atoms with Crippen LogP contribution in [0, 0.1) is 6.92 Å². The molecule has 1 amide bonds. The van der Waals surface area contributed by atoms with Gasteiger partial charge in [0.1, 0.15) is 5.75 Å². The number of carbonyl (C=O) groups excluding carboxylic acids is 1. The van der Waals surface area contributed by atoms with Crippen LogP contribution in [0.5, 0.6) is 5.75 Å². The summed E-state index contributed by atoms with van der Waals surface area (Å²) in [5, 5.41) is 10.3. The Hall–Kier alpha value is -2.33. The molecule has 2 aromatic rings. The van der Waals surface area contributed by atoms with Crippen LogP contribution in [0.15, 0.2) is 48.5 Å². The van der Waals surface area contributed by atoms with E-state index in [2.05, 4.69) is 0 Å². The summed E-state index contributed by atoms with van der Waals surface area (Å²) in [5.41, 5.74) is 2.39. The zero-order chi connectivity index (χ0) is 16.1. The molecular formula is C18H21NO3. The molecule has 0 bridgehead atoms. The molecule has 0 heterocycles. The second-order valence-corrected chi connectivity index (χ2v) is 5.35. The monoisotopic (exact) mass is 299 g/mol. The fourth-order valence-corrected chi connectivity index (χ4v) is 2.29. The third kappa shape index (κ3) is 3.86. The molecular weight excluding hydrogens is 278 g/mol. The van der Waals surface area contributed by atoms with E-state index in [0.29, 0.717) is 11.3 Å². The molecule has 0 aliphatic carbocycles. The smallest absolute Gasteiger partial charge is 0.253 e. The van der Waals surface area contributed by atoms with E-state index in [-0.39, 0.29) is 12.5 Å². The molecule has 1 atom stereocenters. The number of amides is 1. The number of methoxy groups -OCH3 is 1. The minimum absolute atomic E-state index is 0.106. The number of aliphatic hydroxyl groups excluding tert-OH is 1. The van der Waals surface area contributed by atoms with Crippen molar-refractivity contribution in [2.24, 2.45) is 0 Å². The lowest BCUT2D eigenvalue weighted by Gasteiger charge is -2.21. The van der Waals surface area contributed by atoms with E-state index in [9.17, 15) is 9.90 Å². The van der Waals surface area contributed by atoms with Crippen molar-refractivity contribution in [2.45, 2.75) is 13.0 Å². The van der Waals surface area contributed by atoms with Crippen molar-refractivity contribution in [1.82, 2.24) is 4.90 Å². The largest absolute Gasteiger partial charge is 0.497 e. The zero-order valence-electron chi connectivity index (χ0n) is 13.1. The summed E-state index contributed by atoms with van der Waals surface area (Å²) in [6.07, 6.45) is -0.756. The Morgan fingerprint density at radius 1 is 1.23 bits per heavy atom. The van der Waals surface area contributed by atoms with Gasteiger partial charge in [-0.25, -0.2) is 0 Å². The van der Waals surface area contributed by atoms with Crippen LogP contribution >= 0.6 is 0 Å². The van der Waals surface area contributed by atoms with Gasteiger partial charge < -0.3 is 14.7 Å². The van der Waals surface area contributed by atoms with Crippen LogP contribution in [0.1, 0.15) is 27.6 Å². The average molecular weight is 299 g/mol. The average Bonchev–Trinajstić information content (AvgIpc) is 2.54. The molecule has 0 fully saturated rings. The number of nitrogens with zero attached hydrogens (tertiary/aromatic N) is 1. The number of aliphatic hydroxyl groups is 1. The van der Waals surface area contributed by atoms with Crippen molar-refractivity contribution in [1.29, 1.82) is 0 Å². The summed E-state index contributed by atoms with van der Waals surface area (Å²) in [6, 6.07) is 14.7. The Kier molecular flexibility index (Phi) is 5.17. The van der Waals surface area contributed by atoms with E-state index in [1.54, 1.807) is 26.3 Å². The molecule has 22 heavy (non-hydrogen) atoms. The van der Waals surface area contributed by atoms with E-state index in [4.69, 9.17) is 4.74 Å². The lowest BCUT2D eigenvalue weighted by molar-refractivity contribution is 0.0680. The highest BCUT2D eigenvalue weighted by Crippen LogP contribution is 2.20. The van der Waals surface area contributed by atoms with Crippen LogP contribution in [0.3, 0.4) is 0 Å². The molecule has 1 N–H and O–H groups in total. The molecule has 0 radical (unpaired) electrons. The molecule has 116 valence electrons. The first-order valence-electron chi connectivity index (χ1n) is 7.15. The van der Waals surface area contributed by atoms with Gasteiger partial charge in [-0.1, -0.05) is 29.8 Å². The summed E-state index contributed by atoms with van der Waals surface area (Å²) in [6.45, 7) is 2.17. The molecule has 0 spiro atoms. The fourth-order valence-electron chi connectivity index (χ4n) is 2.29. The van der Waals surface area contributed by atoms with E-state index in [0.717, 1.165) is 11.1 Å². The molecule has 0 saturated heterocycles. The SMILES string of the molecule is COc1cccc(C(O)CN(C)C(=O)c2cccc(C)c2)c1. The highest BCUT2D eigenvalue weighted by Gasteiger charge is 2.17. The Morgan fingerprint density at radius 3 is 2.64 bits per heavy atom. The lowest BCUT2D eigenvalue weighted by atomic mass is 10.1. The first-order valence-corrected chi connectivity index (χ1v) is 7.15. The molecule has 0 aliphatic rings. The third-order valence-electron chi connectivity index (χ3n) is 3.54. The standard InChI is InChI=1S/C18H21NO3/c1-13-6-4-8-15(10-13)18(21)19(2)12-17(20)14-7-5-9-16(11-14)22-3/h4-11,17,20H,12H2,1-3H3. The summed E-state index contributed by atoms with van der Waals surface area (Å²) in [7, 11) is 3.27. The molecule has 0 saturated carbocycles. The van der Waals surface area contributed by atoms with Crippen LogP contribution in [-0.4, -0.2) is 36.6 Å². The van der Waals surface area contributed by atoms with E-state index in [1.165, 1.54) is 4.90 Å². The molecule has 2 aromatic carbocycles. The van der Waals surface area contributed by atoms with E-state index < -0.39 is 6.10 Å². The quantitative estimate of drug-likeness (QED) is 0.923. The number of ether oxygens (including phenoxy) is 1. The lowest BCUT2D eigenvalue weighted by Crippen LogP contribution is -2.31. The highest BCUT2D eigenvalue weighted by atomic mass is 16.5. The second kappa shape index (κ2) is 7.09. The third-order valence-corrected chi connectivity index (χ3v) is 3.54. The van der Waals surface area contributed by atoms with Crippen molar-refractivity contribution >= 4 is 5.91 Å². The van der Waals surface area contributed by atoms with Crippen LogP contribution in [0.4, 0.5) is 0 Å². The van der Waals surface area contributed by atoms with Gasteiger partial charge in [-0.15, -0.1) is 0 Å². The maximum atomic E-state index is 12.4. The molecule has 4 nitrogen and oxygen atoms in total. The minimum Gasteiger partial charge on any atom is -0.497 e. The summed E-state index contributed by atoms with van der Waals surface area (Å²) < 4.78 is 5.15. The molecule has 4 heteroatoms. The maximum Gasteiger partial charge on any atom is 0.253 e. The van der Waals surface area contributed by atoms with Crippen molar-refractivity contribution in [3.63, 3.8) is 0 Å². The van der Waals surface area contributed by atoms with Crippen molar-refractivity contribution in [2.75, 3.05) is 20.7 Å². The van der Waals surface area contributed by atoms with Gasteiger partial charge in [0.25, 0.3) is 5.91 Å². The van der Waals surface area contributed by atoms with E-state index >= 15 is 0 Å².